The van der Waals surface area contributed by atoms with E-state index in [1.807, 2.05) is 30.3 Å². The zero-order valence-corrected chi connectivity index (χ0v) is 15.4. The van der Waals surface area contributed by atoms with Gasteiger partial charge in [-0.05, 0) is 72.6 Å². The first-order valence-corrected chi connectivity index (χ1v) is 8.66. The van der Waals surface area contributed by atoms with Crippen molar-refractivity contribution in [2.24, 2.45) is 0 Å². The van der Waals surface area contributed by atoms with Crippen LogP contribution in [-0.2, 0) is 6.54 Å². The Labute approximate surface area is 143 Å². The van der Waals surface area contributed by atoms with Crippen LogP contribution in [0, 0.1) is 0 Å². The molecule has 2 aromatic rings. The summed E-state index contributed by atoms with van der Waals surface area (Å²) in [6.45, 7) is 7.23. The Hall–Kier alpha value is -0.550. The molecule has 0 spiro atoms. The molecule has 0 unspecified atom stereocenters. The van der Waals surface area contributed by atoms with E-state index in [1.54, 1.807) is 18.0 Å². The molecular weight excluding hydrogens is 368 g/mol. The van der Waals surface area contributed by atoms with Gasteiger partial charge in [-0.1, -0.05) is 23.4 Å². The van der Waals surface area contributed by atoms with Gasteiger partial charge in [0.2, 0.25) is 0 Å². The smallest absolute Gasteiger partial charge is 0.115 e. The van der Waals surface area contributed by atoms with Gasteiger partial charge in [0.25, 0.3) is 0 Å². The number of hydrogen-bond acceptors (Lipinski definition) is 3. The summed E-state index contributed by atoms with van der Waals surface area (Å²) < 4.78 is 1.000. The fourth-order valence-corrected chi connectivity index (χ4v) is 3.27. The predicted octanol–water partition coefficient (Wildman–Crippen LogP) is 5.54. The van der Waals surface area contributed by atoms with E-state index >= 15 is 0 Å². The van der Waals surface area contributed by atoms with E-state index in [1.165, 1.54) is 5.56 Å². The van der Waals surface area contributed by atoms with Crippen molar-refractivity contribution in [1.82, 2.24) is 10.3 Å². The molecule has 0 radical (unpaired) electrons. The molecule has 1 aromatic carbocycles. The molecule has 0 aliphatic rings. The average molecular weight is 386 g/mol. The molecule has 0 amide bonds. The molecule has 2 nitrogen and oxygen atoms in total. The van der Waals surface area contributed by atoms with Crippen LogP contribution in [0.2, 0.25) is 5.02 Å². The highest BCUT2D eigenvalue weighted by molar-refractivity contribution is 9.10. The molecule has 1 aromatic heterocycles. The number of nitrogens with zero attached hydrogens (tertiary/aromatic N) is 1. The fraction of sp³-hybridized carbons (Fsp3) is 0.312. The maximum absolute atomic E-state index is 6.14. The Morgan fingerprint density at radius 2 is 2.05 bits per heavy atom. The van der Waals surface area contributed by atoms with Crippen LogP contribution in [0.5, 0.6) is 0 Å². The minimum Gasteiger partial charge on any atom is -0.308 e. The first kappa shape index (κ1) is 16.8. The molecule has 0 aliphatic carbocycles. The van der Waals surface area contributed by atoms with Gasteiger partial charge in [0, 0.05) is 28.2 Å². The Balaban J connectivity index is 2.25. The largest absolute Gasteiger partial charge is 0.308 e. The van der Waals surface area contributed by atoms with Gasteiger partial charge in [0.15, 0.2) is 0 Å². The van der Waals surface area contributed by atoms with Crippen molar-refractivity contribution in [3.63, 3.8) is 0 Å². The summed E-state index contributed by atoms with van der Waals surface area (Å²) in [4.78, 5) is 5.57. The summed E-state index contributed by atoms with van der Waals surface area (Å²) >= 11 is 11.3. The Morgan fingerprint density at radius 3 is 2.71 bits per heavy atom. The van der Waals surface area contributed by atoms with Gasteiger partial charge in [0.05, 0.1) is 4.47 Å². The van der Waals surface area contributed by atoms with Crippen LogP contribution >= 0.6 is 39.3 Å². The van der Waals surface area contributed by atoms with E-state index in [2.05, 4.69) is 47.0 Å². The van der Waals surface area contributed by atoms with Gasteiger partial charge < -0.3 is 5.32 Å². The van der Waals surface area contributed by atoms with E-state index in [-0.39, 0.29) is 5.54 Å². The van der Waals surface area contributed by atoms with Gasteiger partial charge in [-0.25, -0.2) is 4.98 Å². The molecule has 0 aliphatic heterocycles. The number of benzene rings is 1. The SMILES string of the molecule is CC(C)(C)NCc1cc(Cl)ccc1Sc1ncccc1Br. The van der Waals surface area contributed by atoms with Crippen LogP contribution in [0.3, 0.4) is 0 Å². The van der Waals surface area contributed by atoms with E-state index in [9.17, 15) is 0 Å². The number of nitrogens with one attached hydrogen (secondary N) is 1. The van der Waals surface area contributed by atoms with E-state index in [4.69, 9.17) is 11.6 Å². The van der Waals surface area contributed by atoms with Crippen molar-refractivity contribution in [2.45, 2.75) is 42.8 Å². The van der Waals surface area contributed by atoms with Gasteiger partial charge >= 0.3 is 0 Å². The highest BCUT2D eigenvalue weighted by Gasteiger charge is 2.12. The molecule has 2 rings (SSSR count). The standard InChI is InChI=1S/C16H18BrClN2S/c1-16(2,3)20-10-11-9-12(18)6-7-14(11)21-15-13(17)5-4-8-19-15/h4-9,20H,10H2,1-3H3. The molecule has 21 heavy (non-hydrogen) atoms. The predicted molar refractivity (Wildman–Crippen MR) is 94.1 cm³/mol. The van der Waals surface area contributed by atoms with Gasteiger partial charge in [0.1, 0.15) is 5.03 Å². The first-order valence-electron chi connectivity index (χ1n) is 6.67. The number of halogens is 2. The fourth-order valence-electron chi connectivity index (χ4n) is 1.70. The lowest BCUT2D eigenvalue weighted by molar-refractivity contribution is 0.422. The summed E-state index contributed by atoms with van der Waals surface area (Å²) in [6, 6.07) is 9.89. The monoisotopic (exact) mass is 384 g/mol. The van der Waals surface area contributed by atoms with Crippen LogP contribution in [-0.4, -0.2) is 10.5 Å². The van der Waals surface area contributed by atoms with Crippen molar-refractivity contribution in [3.8, 4) is 0 Å². The van der Waals surface area contributed by atoms with Crippen molar-refractivity contribution in [3.05, 3.63) is 51.6 Å². The topological polar surface area (TPSA) is 24.9 Å². The lowest BCUT2D eigenvalue weighted by Crippen LogP contribution is -2.35. The third-order valence-corrected chi connectivity index (χ3v) is 5.04. The second-order valence-corrected chi connectivity index (χ2v) is 8.07. The zero-order chi connectivity index (χ0) is 15.5. The van der Waals surface area contributed by atoms with E-state index < -0.39 is 0 Å². The van der Waals surface area contributed by atoms with Gasteiger partial charge in [-0.3, -0.25) is 0 Å². The molecule has 1 heterocycles. The molecule has 112 valence electrons. The highest BCUT2D eigenvalue weighted by Crippen LogP contribution is 2.34. The third kappa shape index (κ3) is 5.29. The minimum absolute atomic E-state index is 0.0653. The Kier molecular flexibility index (Phi) is 5.72. The minimum atomic E-state index is 0.0653. The first-order chi connectivity index (χ1) is 9.85. The summed E-state index contributed by atoms with van der Waals surface area (Å²) in [5.74, 6) is 0. The van der Waals surface area contributed by atoms with Gasteiger partial charge in [-0.2, -0.15) is 0 Å². The van der Waals surface area contributed by atoms with Crippen LogP contribution in [0.15, 0.2) is 50.9 Å². The summed E-state index contributed by atoms with van der Waals surface area (Å²) in [5, 5.41) is 5.21. The lowest BCUT2D eigenvalue weighted by atomic mass is 10.1. The molecule has 0 saturated heterocycles. The number of rotatable bonds is 4. The highest BCUT2D eigenvalue weighted by atomic mass is 79.9. The van der Waals surface area contributed by atoms with Crippen molar-refractivity contribution in [2.75, 3.05) is 0 Å². The number of hydrogen-bond donors (Lipinski definition) is 1. The van der Waals surface area contributed by atoms with E-state index in [0.29, 0.717) is 0 Å². The second-order valence-electron chi connectivity index (χ2n) is 5.75. The molecule has 0 atom stereocenters. The summed E-state index contributed by atoms with van der Waals surface area (Å²) in [5.41, 5.74) is 1.25. The number of pyridine rings is 1. The Morgan fingerprint density at radius 1 is 1.29 bits per heavy atom. The maximum Gasteiger partial charge on any atom is 0.115 e. The van der Waals surface area contributed by atoms with Crippen molar-refractivity contribution < 1.29 is 0 Å². The summed E-state index contributed by atoms with van der Waals surface area (Å²) in [6.07, 6.45) is 1.80. The van der Waals surface area contributed by atoms with Crippen molar-refractivity contribution >= 4 is 39.3 Å². The molecular formula is C16H18BrClN2S. The second kappa shape index (κ2) is 7.14. The van der Waals surface area contributed by atoms with Crippen molar-refractivity contribution in [1.29, 1.82) is 0 Å². The number of aromatic nitrogens is 1. The van der Waals surface area contributed by atoms with Crippen LogP contribution in [0.1, 0.15) is 26.3 Å². The third-order valence-electron chi connectivity index (χ3n) is 2.76. The van der Waals surface area contributed by atoms with Crippen LogP contribution in [0.25, 0.3) is 0 Å². The average Bonchev–Trinajstić information content (AvgIpc) is 2.40. The van der Waals surface area contributed by atoms with Gasteiger partial charge in [-0.15, -0.1) is 0 Å². The Bertz CT molecular complexity index is 626. The van der Waals surface area contributed by atoms with Crippen LogP contribution < -0.4 is 5.32 Å². The normalized spacial score (nSPS) is 11.7. The molecule has 5 heteroatoms. The van der Waals surface area contributed by atoms with Crippen LogP contribution in [0.4, 0.5) is 0 Å². The summed E-state index contributed by atoms with van der Waals surface area (Å²) in [7, 11) is 0. The quantitative estimate of drug-likeness (QED) is 0.748. The molecule has 0 fully saturated rings. The van der Waals surface area contributed by atoms with E-state index in [0.717, 1.165) is 26.0 Å². The maximum atomic E-state index is 6.14. The molecule has 0 saturated carbocycles. The molecule has 0 bridgehead atoms. The lowest BCUT2D eigenvalue weighted by Gasteiger charge is -2.21. The zero-order valence-electron chi connectivity index (χ0n) is 12.3. The molecule has 1 N–H and O–H groups in total.